The van der Waals surface area contributed by atoms with Crippen molar-refractivity contribution in [3.05, 3.63) is 29.8 Å². The Bertz CT molecular complexity index is 387. The van der Waals surface area contributed by atoms with Crippen molar-refractivity contribution in [1.29, 1.82) is 0 Å². The molecule has 2 atom stereocenters. The second-order valence-corrected chi connectivity index (χ2v) is 4.77. The molecule has 3 N–H and O–H groups in total. The molecule has 0 aliphatic carbocycles. The van der Waals surface area contributed by atoms with Crippen LogP contribution in [0, 0.1) is 5.92 Å². The number of benzene rings is 1. The van der Waals surface area contributed by atoms with Gasteiger partial charge in [0.15, 0.2) is 0 Å². The van der Waals surface area contributed by atoms with Gasteiger partial charge in [0.1, 0.15) is 5.75 Å². The molecule has 0 bridgehead atoms. The minimum Gasteiger partial charge on any atom is -0.497 e. The molecule has 0 aliphatic heterocycles. The van der Waals surface area contributed by atoms with Crippen LogP contribution >= 0.6 is 0 Å². The summed E-state index contributed by atoms with van der Waals surface area (Å²) in [4.78, 5) is 11.8. The highest BCUT2D eigenvalue weighted by Crippen LogP contribution is 2.17. The van der Waals surface area contributed by atoms with Crippen LogP contribution in [-0.4, -0.2) is 19.1 Å². The second kappa shape index (κ2) is 6.40. The Balaban J connectivity index is 2.64. The Labute approximate surface area is 109 Å². The summed E-state index contributed by atoms with van der Waals surface area (Å²) in [5.74, 6) is 0.817. The number of nitrogens with one attached hydrogen (secondary N) is 1. The predicted molar refractivity (Wildman–Crippen MR) is 72.4 cm³/mol. The third-order valence-electron chi connectivity index (χ3n) is 3.00. The van der Waals surface area contributed by atoms with Crippen LogP contribution in [0.3, 0.4) is 0 Å². The molecule has 1 aromatic rings. The van der Waals surface area contributed by atoms with Gasteiger partial charge in [0.2, 0.25) is 5.91 Å². The third kappa shape index (κ3) is 3.74. The van der Waals surface area contributed by atoms with Gasteiger partial charge in [-0.25, -0.2) is 0 Å². The first kappa shape index (κ1) is 14.5. The molecule has 0 radical (unpaired) electrons. The topological polar surface area (TPSA) is 64.3 Å². The Morgan fingerprint density at radius 1 is 1.22 bits per heavy atom. The summed E-state index contributed by atoms with van der Waals surface area (Å²) in [6.45, 7) is 5.80. The largest absolute Gasteiger partial charge is 0.497 e. The molecule has 0 heterocycles. The van der Waals surface area contributed by atoms with E-state index in [2.05, 4.69) is 5.32 Å². The van der Waals surface area contributed by atoms with Gasteiger partial charge in [-0.3, -0.25) is 4.79 Å². The molecular formula is C14H22N2O2. The molecule has 0 spiro atoms. The van der Waals surface area contributed by atoms with Crippen molar-refractivity contribution in [3.8, 4) is 5.75 Å². The first-order chi connectivity index (χ1) is 8.45. The number of methoxy groups -OCH3 is 1. The Morgan fingerprint density at radius 2 is 1.78 bits per heavy atom. The van der Waals surface area contributed by atoms with Gasteiger partial charge in [-0.05, 0) is 30.5 Å². The molecule has 2 unspecified atom stereocenters. The molecule has 1 rings (SSSR count). The number of rotatable bonds is 5. The lowest BCUT2D eigenvalue weighted by molar-refractivity contribution is -0.123. The van der Waals surface area contributed by atoms with E-state index in [9.17, 15) is 4.79 Å². The number of nitrogens with two attached hydrogens (primary N) is 1. The smallest absolute Gasteiger partial charge is 0.237 e. The van der Waals surface area contributed by atoms with E-state index in [1.807, 2.05) is 45.0 Å². The van der Waals surface area contributed by atoms with Crippen LogP contribution in [0.2, 0.25) is 0 Å². The van der Waals surface area contributed by atoms with E-state index in [0.29, 0.717) is 0 Å². The normalized spacial score (nSPS) is 14.1. The summed E-state index contributed by atoms with van der Waals surface area (Å²) >= 11 is 0. The lowest BCUT2D eigenvalue weighted by Crippen LogP contribution is -2.44. The van der Waals surface area contributed by atoms with Crippen LogP contribution in [-0.2, 0) is 4.79 Å². The van der Waals surface area contributed by atoms with Gasteiger partial charge in [-0.15, -0.1) is 0 Å². The van der Waals surface area contributed by atoms with Crippen LogP contribution in [0.1, 0.15) is 32.4 Å². The van der Waals surface area contributed by atoms with Crippen LogP contribution < -0.4 is 15.8 Å². The number of ether oxygens (including phenoxy) is 1. The van der Waals surface area contributed by atoms with Gasteiger partial charge >= 0.3 is 0 Å². The minimum atomic E-state index is -0.467. The second-order valence-electron chi connectivity index (χ2n) is 4.77. The van der Waals surface area contributed by atoms with Gasteiger partial charge < -0.3 is 15.8 Å². The quantitative estimate of drug-likeness (QED) is 0.838. The van der Waals surface area contributed by atoms with E-state index in [4.69, 9.17) is 10.5 Å². The Morgan fingerprint density at radius 3 is 2.22 bits per heavy atom. The number of carbonyl (C=O) groups excluding carboxylic acids is 1. The maximum absolute atomic E-state index is 11.8. The molecule has 4 nitrogen and oxygen atoms in total. The van der Waals surface area contributed by atoms with Gasteiger partial charge in [0.05, 0.1) is 19.2 Å². The first-order valence-corrected chi connectivity index (χ1v) is 6.15. The molecule has 1 amide bonds. The fourth-order valence-corrected chi connectivity index (χ4v) is 1.59. The Hall–Kier alpha value is -1.55. The zero-order valence-corrected chi connectivity index (χ0v) is 11.4. The fourth-order valence-electron chi connectivity index (χ4n) is 1.59. The van der Waals surface area contributed by atoms with E-state index >= 15 is 0 Å². The zero-order valence-electron chi connectivity index (χ0n) is 11.4. The van der Waals surface area contributed by atoms with Crippen molar-refractivity contribution in [3.63, 3.8) is 0 Å². The standard InChI is InChI=1S/C14H22N2O2/c1-9(2)13(15)14(17)16-10(3)11-5-7-12(18-4)8-6-11/h5-10,13H,15H2,1-4H3,(H,16,17). The van der Waals surface area contributed by atoms with E-state index in [-0.39, 0.29) is 17.9 Å². The van der Waals surface area contributed by atoms with Gasteiger partial charge in [-0.2, -0.15) is 0 Å². The molecule has 1 aromatic carbocycles. The summed E-state index contributed by atoms with van der Waals surface area (Å²) in [5, 5.41) is 2.91. The molecule has 0 aliphatic rings. The average molecular weight is 250 g/mol. The van der Waals surface area contributed by atoms with Crippen LogP contribution in [0.5, 0.6) is 5.75 Å². The highest BCUT2D eigenvalue weighted by atomic mass is 16.5. The number of carbonyl (C=O) groups is 1. The molecule has 0 saturated carbocycles. The molecule has 4 heteroatoms. The van der Waals surface area contributed by atoms with Gasteiger partial charge in [0.25, 0.3) is 0 Å². The minimum absolute atomic E-state index is 0.0618. The van der Waals surface area contributed by atoms with Crippen molar-refractivity contribution >= 4 is 5.91 Å². The Kier molecular flexibility index (Phi) is 5.16. The molecule has 0 fully saturated rings. The average Bonchev–Trinajstić information content (AvgIpc) is 2.37. The third-order valence-corrected chi connectivity index (χ3v) is 3.00. The van der Waals surface area contributed by atoms with E-state index in [0.717, 1.165) is 11.3 Å². The summed E-state index contributed by atoms with van der Waals surface area (Å²) < 4.78 is 5.09. The van der Waals surface area contributed by atoms with E-state index in [1.54, 1.807) is 7.11 Å². The molecule has 18 heavy (non-hydrogen) atoms. The van der Waals surface area contributed by atoms with Crippen molar-refractivity contribution in [2.45, 2.75) is 32.9 Å². The summed E-state index contributed by atoms with van der Waals surface area (Å²) in [6, 6.07) is 7.09. The van der Waals surface area contributed by atoms with Crippen molar-refractivity contribution < 1.29 is 9.53 Å². The molecular weight excluding hydrogens is 228 g/mol. The molecule has 100 valence electrons. The van der Waals surface area contributed by atoms with Crippen LogP contribution in [0.4, 0.5) is 0 Å². The SMILES string of the molecule is COc1ccc(C(C)NC(=O)C(N)C(C)C)cc1. The van der Waals surface area contributed by atoms with Gasteiger partial charge in [-0.1, -0.05) is 26.0 Å². The summed E-state index contributed by atoms with van der Waals surface area (Å²) in [6.07, 6.45) is 0. The number of hydrogen-bond acceptors (Lipinski definition) is 3. The van der Waals surface area contributed by atoms with E-state index < -0.39 is 6.04 Å². The first-order valence-electron chi connectivity index (χ1n) is 6.15. The monoisotopic (exact) mass is 250 g/mol. The van der Waals surface area contributed by atoms with E-state index in [1.165, 1.54) is 0 Å². The summed E-state index contributed by atoms with van der Waals surface area (Å²) in [7, 11) is 1.63. The highest BCUT2D eigenvalue weighted by molar-refractivity contribution is 5.82. The maximum atomic E-state index is 11.8. The maximum Gasteiger partial charge on any atom is 0.237 e. The zero-order chi connectivity index (χ0) is 13.7. The highest BCUT2D eigenvalue weighted by Gasteiger charge is 2.19. The lowest BCUT2D eigenvalue weighted by Gasteiger charge is -2.20. The molecule has 0 saturated heterocycles. The predicted octanol–water partition coefficient (Wildman–Crippen LogP) is 1.86. The van der Waals surface area contributed by atoms with Gasteiger partial charge in [0, 0.05) is 0 Å². The lowest BCUT2D eigenvalue weighted by atomic mass is 10.0. The van der Waals surface area contributed by atoms with Crippen molar-refractivity contribution in [2.24, 2.45) is 11.7 Å². The summed E-state index contributed by atoms with van der Waals surface area (Å²) in [5.41, 5.74) is 6.83. The number of hydrogen-bond donors (Lipinski definition) is 2. The fraction of sp³-hybridized carbons (Fsp3) is 0.500. The number of amides is 1. The molecule has 0 aromatic heterocycles. The van der Waals surface area contributed by atoms with Crippen LogP contribution in [0.15, 0.2) is 24.3 Å². The van der Waals surface area contributed by atoms with Crippen molar-refractivity contribution in [2.75, 3.05) is 7.11 Å². The van der Waals surface area contributed by atoms with Crippen LogP contribution in [0.25, 0.3) is 0 Å². The van der Waals surface area contributed by atoms with Crippen molar-refractivity contribution in [1.82, 2.24) is 5.32 Å².